The maximum atomic E-state index is 11.6. The molecule has 0 aromatic heterocycles. The SMILES string of the molecule is CCOC(=O)C1=CN/C(=C\C(=N)CCC(C)(C)O)C=C1N. The van der Waals surface area contributed by atoms with Crippen LogP contribution in [0.2, 0.25) is 0 Å². The first kappa shape index (κ1) is 17.0. The van der Waals surface area contributed by atoms with Crippen LogP contribution in [-0.4, -0.2) is 29.0 Å². The first-order valence-corrected chi connectivity index (χ1v) is 6.86. The minimum Gasteiger partial charge on any atom is -0.462 e. The minimum absolute atomic E-state index is 0.275. The number of dihydropyridines is 1. The van der Waals surface area contributed by atoms with E-state index in [-0.39, 0.29) is 12.2 Å². The fourth-order valence-electron chi connectivity index (χ4n) is 1.70. The summed E-state index contributed by atoms with van der Waals surface area (Å²) in [7, 11) is 0. The molecule has 0 bridgehead atoms. The van der Waals surface area contributed by atoms with Gasteiger partial charge in [0.1, 0.15) is 0 Å². The summed E-state index contributed by atoms with van der Waals surface area (Å²) in [6.45, 7) is 5.43. The molecule has 0 radical (unpaired) electrons. The number of allylic oxidation sites excluding steroid dienone is 2. The minimum atomic E-state index is -0.795. The van der Waals surface area contributed by atoms with E-state index in [2.05, 4.69) is 5.32 Å². The van der Waals surface area contributed by atoms with E-state index >= 15 is 0 Å². The molecule has 0 amide bonds. The summed E-state index contributed by atoms with van der Waals surface area (Å²) in [5.74, 6) is -0.477. The number of ether oxygens (including phenoxy) is 1. The highest BCUT2D eigenvalue weighted by Crippen LogP contribution is 2.15. The molecule has 1 rings (SSSR count). The van der Waals surface area contributed by atoms with Crippen LogP contribution in [-0.2, 0) is 9.53 Å². The molecule has 5 N–H and O–H groups in total. The lowest BCUT2D eigenvalue weighted by molar-refractivity contribution is -0.138. The Morgan fingerprint density at radius 3 is 2.76 bits per heavy atom. The van der Waals surface area contributed by atoms with Gasteiger partial charge in [-0.2, -0.15) is 0 Å². The van der Waals surface area contributed by atoms with Crippen molar-refractivity contribution < 1.29 is 14.6 Å². The number of nitrogens with one attached hydrogen (secondary N) is 2. The van der Waals surface area contributed by atoms with Gasteiger partial charge < -0.3 is 26.3 Å². The third-order valence-corrected chi connectivity index (χ3v) is 2.84. The highest BCUT2D eigenvalue weighted by atomic mass is 16.5. The van der Waals surface area contributed by atoms with Crippen LogP contribution in [0.4, 0.5) is 0 Å². The largest absolute Gasteiger partial charge is 0.462 e. The monoisotopic (exact) mass is 293 g/mol. The van der Waals surface area contributed by atoms with Crippen molar-refractivity contribution in [1.82, 2.24) is 5.32 Å². The first-order chi connectivity index (χ1) is 9.73. The molecular formula is C15H23N3O3. The summed E-state index contributed by atoms with van der Waals surface area (Å²) >= 11 is 0. The average Bonchev–Trinajstić information content (AvgIpc) is 2.36. The van der Waals surface area contributed by atoms with E-state index in [9.17, 15) is 9.90 Å². The van der Waals surface area contributed by atoms with Gasteiger partial charge in [0.15, 0.2) is 0 Å². The Morgan fingerprint density at radius 1 is 1.57 bits per heavy atom. The fourth-order valence-corrected chi connectivity index (χ4v) is 1.70. The number of carbonyl (C=O) groups excluding carboxylic acids is 1. The zero-order valence-corrected chi connectivity index (χ0v) is 12.7. The smallest absolute Gasteiger partial charge is 0.341 e. The van der Waals surface area contributed by atoms with Crippen LogP contribution in [0.15, 0.2) is 35.3 Å². The number of esters is 1. The van der Waals surface area contributed by atoms with Gasteiger partial charge >= 0.3 is 5.97 Å². The first-order valence-electron chi connectivity index (χ1n) is 6.86. The van der Waals surface area contributed by atoms with Gasteiger partial charge in [-0.25, -0.2) is 4.79 Å². The average molecular weight is 293 g/mol. The summed E-state index contributed by atoms with van der Waals surface area (Å²) < 4.78 is 4.89. The lowest BCUT2D eigenvalue weighted by Crippen LogP contribution is -2.23. The molecule has 0 spiro atoms. The van der Waals surface area contributed by atoms with Crippen LogP contribution in [0.5, 0.6) is 0 Å². The summed E-state index contributed by atoms with van der Waals surface area (Å²) in [5, 5.41) is 20.4. The Morgan fingerprint density at radius 2 is 2.24 bits per heavy atom. The van der Waals surface area contributed by atoms with Gasteiger partial charge in [-0.1, -0.05) is 0 Å². The molecule has 0 saturated heterocycles. The lowest BCUT2D eigenvalue weighted by atomic mass is 10.00. The third-order valence-electron chi connectivity index (χ3n) is 2.84. The van der Waals surface area contributed by atoms with Crippen LogP contribution in [0.3, 0.4) is 0 Å². The zero-order chi connectivity index (χ0) is 16.0. The topological polar surface area (TPSA) is 108 Å². The van der Waals surface area contributed by atoms with E-state index in [1.807, 2.05) is 0 Å². The van der Waals surface area contributed by atoms with Crippen molar-refractivity contribution >= 4 is 11.7 Å². The van der Waals surface area contributed by atoms with Crippen molar-refractivity contribution in [2.24, 2.45) is 5.73 Å². The predicted octanol–water partition coefficient (Wildman–Crippen LogP) is 1.33. The Labute approximate surface area is 124 Å². The van der Waals surface area contributed by atoms with Gasteiger partial charge in [0.25, 0.3) is 0 Å². The highest BCUT2D eigenvalue weighted by molar-refractivity contribution is 5.95. The van der Waals surface area contributed by atoms with Crippen LogP contribution in [0, 0.1) is 5.41 Å². The molecule has 1 heterocycles. The lowest BCUT2D eigenvalue weighted by Gasteiger charge is -2.17. The van der Waals surface area contributed by atoms with Gasteiger partial charge in [-0.15, -0.1) is 0 Å². The summed E-state index contributed by atoms with van der Waals surface area (Å²) in [6.07, 6.45) is 5.64. The van der Waals surface area contributed by atoms with E-state index in [1.54, 1.807) is 32.9 Å². The number of carbonyl (C=O) groups is 1. The van der Waals surface area contributed by atoms with Crippen LogP contribution < -0.4 is 11.1 Å². The van der Waals surface area contributed by atoms with Gasteiger partial charge in [-0.3, -0.25) is 0 Å². The Bertz CT molecular complexity index is 511. The molecule has 1 aliphatic heterocycles. The number of hydrogen-bond acceptors (Lipinski definition) is 6. The Balaban J connectivity index is 2.67. The summed E-state index contributed by atoms with van der Waals surface area (Å²) in [5.41, 5.74) is 6.60. The van der Waals surface area contributed by atoms with E-state index in [0.29, 0.717) is 29.9 Å². The molecule has 0 aliphatic carbocycles. The quantitative estimate of drug-likeness (QED) is 0.436. The fraction of sp³-hybridized carbons (Fsp3) is 0.467. The highest BCUT2D eigenvalue weighted by Gasteiger charge is 2.17. The molecular weight excluding hydrogens is 270 g/mol. The van der Waals surface area contributed by atoms with Crippen LogP contribution in [0.1, 0.15) is 33.6 Å². The van der Waals surface area contributed by atoms with Crippen LogP contribution in [0.25, 0.3) is 0 Å². The molecule has 116 valence electrons. The Kier molecular flexibility index (Phi) is 5.72. The van der Waals surface area contributed by atoms with Crippen LogP contribution >= 0.6 is 0 Å². The van der Waals surface area contributed by atoms with E-state index in [0.717, 1.165) is 0 Å². The number of hydrogen-bond donors (Lipinski definition) is 4. The second-order valence-corrected chi connectivity index (χ2v) is 5.46. The molecule has 0 aromatic rings. The van der Waals surface area contributed by atoms with E-state index in [4.69, 9.17) is 15.9 Å². The summed E-state index contributed by atoms with van der Waals surface area (Å²) in [4.78, 5) is 11.6. The molecule has 0 aromatic carbocycles. The van der Waals surface area contributed by atoms with Crippen molar-refractivity contribution in [3.8, 4) is 0 Å². The van der Waals surface area contributed by atoms with Gasteiger partial charge in [0.2, 0.25) is 0 Å². The maximum Gasteiger partial charge on any atom is 0.341 e. The van der Waals surface area contributed by atoms with Gasteiger partial charge in [-0.05, 0) is 45.8 Å². The van der Waals surface area contributed by atoms with Gasteiger partial charge in [0.05, 0.1) is 17.8 Å². The van der Waals surface area contributed by atoms with Gasteiger partial charge in [0, 0.05) is 23.3 Å². The molecule has 0 saturated carbocycles. The second kappa shape index (κ2) is 7.08. The van der Waals surface area contributed by atoms with Crippen molar-refractivity contribution in [2.75, 3.05) is 6.61 Å². The normalized spacial score (nSPS) is 16.9. The van der Waals surface area contributed by atoms with E-state index in [1.165, 1.54) is 6.20 Å². The van der Waals surface area contributed by atoms with Crippen molar-refractivity contribution in [3.63, 3.8) is 0 Å². The molecule has 21 heavy (non-hydrogen) atoms. The second-order valence-electron chi connectivity index (χ2n) is 5.46. The zero-order valence-electron chi connectivity index (χ0n) is 12.7. The molecule has 0 unspecified atom stereocenters. The van der Waals surface area contributed by atoms with Crippen molar-refractivity contribution in [2.45, 2.75) is 39.2 Å². The number of aliphatic hydroxyl groups is 1. The summed E-state index contributed by atoms with van der Waals surface area (Å²) in [6, 6.07) is 0. The standard InChI is InChI=1S/C15H23N3O3/c1-4-21-14(19)12-9-18-11(8-13(12)17)7-10(16)5-6-15(2,3)20/h7-9,16,18,20H,4-6,17H2,1-3H3/b11-7-,16-10?. The third kappa shape index (κ3) is 5.83. The number of rotatable bonds is 6. The molecule has 0 fully saturated rings. The number of nitrogens with two attached hydrogens (primary N) is 1. The van der Waals surface area contributed by atoms with E-state index < -0.39 is 11.6 Å². The molecule has 0 atom stereocenters. The predicted molar refractivity (Wildman–Crippen MR) is 81.5 cm³/mol. The van der Waals surface area contributed by atoms with Crippen molar-refractivity contribution in [1.29, 1.82) is 5.41 Å². The maximum absolute atomic E-state index is 11.6. The Hall–Kier alpha value is -2.08. The molecule has 6 nitrogen and oxygen atoms in total. The molecule has 6 heteroatoms. The molecule has 1 aliphatic rings. The van der Waals surface area contributed by atoms with Crippen molar-refractivity contribution in [3.05, 3.63) is 35.3 Å².